The van der Waals surface area contributed by atoms with Crippen LogP contribution in [0.25, 0.3) is 11.1 Å². The van der Waals surface area contributed by atoms with Crippen molar-refractivity contribution in [1.29, 1.82) is 0 Å². The minimum atomic E-state index is -0.534. The highest BCUT2D eigenvalue weighted by atomic mass is 16.4. The van der Waals surface area contributed by atoms with Crippen LogP contribution in [0, 0.1) is 0 Å². The van der Waals surface area contributed by atoms with E-state index in [0.29, 0.717) is 22.2 Å². The third-order valence-corrected chi connectivity index (χ3v) is 2.47. The van der Waals surface area contributed by atoms with Crippen molar-refractivity contribution >= 4 is 16.9 Å². The van der Waals surface area contributed by atoms with E-state index in [1.807, 2.05) is 0 Å². The van der Waals surface area contributed by atoms with Crippen molar-refractivity contribution in [1.82, 2.24) is 4.98 Å². The van der Waals surface area contributed by atoms with Crippen molar-refractivity contribution in [3.8, 4) is 0 Å². The molecule has 84 valence electrons. The van der Waals surface area contributed by atoms with Crippen molar-refractivity contribution in [3.63, 3.8) is 0 Å². The number of nitrogens with one attached hydrogen (secondary N) is 1. The van der Waals surface area contributed by atoms with Gasteiger partial charge in [0.25, 0.3) is 0 Å². The van der Waals surface area contributed by atoms with Gasteiger partial charge >= 0.3 is 5.76 Å². The monoisotopic (exact) mass is 229 g/mol. The van der Waals surface area contributed by atoms with Crippen LogP contribution in [0.2, 0.25) is 0 Å². The Morgan fingerprint density at radius 1 is 1.18 bits per heavy atom. The maximum Gasteiger partial charge on any atom is 0.417 e. The van der Waals surface area contributed by atoms with Gasteiger partial charge in [-0.15, -0.1) is 0 Å². The van der Waals surface area contributed by atoms with Crippen molar-refractivity contribution in [2.24, 2.45) is 0 Å². The predicted octanol–water partition coefficient (Wildman–Crippen LogP) is 1.95. The molecule has 0 aliphatic carbocycles. The fourth-order valence-electron chi connectivity index (χ4n) is 1.65. The van der Waals surface area contributed by atoms with E-state index in [9.17, 15) is 9.59 Å². The summed E-state index contributed by atoms with van der Waals surface area (Å²) in [6.45, 7) is 0. The fraction of sp³-hybridized carbons (Fsp3) is 0. The van der Waals surface area contributed by atoms with Crippen LogP contribution in [0.15, 0.2) is 50.4 Å². The average molecular weight is 229 g/mol. The number of aromatic nitrogens is 1. The molecular formula is C12H7NO4. The number of carbonyl (C=O) groups is 1. The molecule has 2 heterocycles. The molecule has 1 N–H and O–H groups in total. The number of oxazole rings is 1. The highest BCUT2D eigenvalue weighted by Gasteiger charge is 2.12. The lowest BCUT2D eigenvalue weighted by Crippen LogP contribution is -1.98. The number of hydrogen-bond donors (Lipinski definition) is 1. The molecule has 0 unspecified atom stereocenters. The van der Waals surface area contributed by atoms with Crippen LogP contribution >= 0.6 is 0 Å². The minimum Gasteiger partial charge on any atom is -0.472 e. The van der Waals surface area contributed by atoms with Gasteiger partial charge in [0.05, 0.1) is 17.3 Å². The lowest BCUT2D eigenvalue weighted by molar-refractivity contribution is 0.103. The fourth-order valence-corrected chi connectivity index (χ4v) is 1.65. The Labute approximate surface area is 94.7 Å². The van der Waals surface area contributed by atoms with Crippen LogP contribution in [0.1, 0.15) is 15.9 Å². The number of aromatic amines is 1. The normalized spacial score (nSPS) is 10.8. The first-order chi connectivity index (χ1) is 8.24. The minimum absolute atomic E-state index is 0.176. The van der Waals surface area contributed by atoms with Gasteiger partial charge in [-0.1, -0.05) is 0 Å². The molecule has 0 aliphatic rings. The largest absolute Gasteiger partial charge is 0.472 e. The van der Waals surface area contributed by atoms with E-state index in [4.69, 9.17) is 8.83 Å². The summed E-state index contributed by atoms with van der Waals surface area (Å²) >= 11 is 0. The first kappa shape index (κ1) is 9.65. The zero-order valence-electron chi connectivity index (χ0n) is 8.60. The van der Waals surface area contributed by atoms with Gasteiger partial charge in [0, 0.05) is 5.56 Å². The molecule has 5 heteroatoms. The zero-order chi connectivity index (χ0) is 11.8. The number of rotatable bonds is 2. The van der Waals surface area contributed by atoms with Crippen molar-refractivity contribution in [2.45, 2.75) is 0 Å². The molecule has 3 rings (SSSR count). The molecule has 0 aliphatic heterocycles. The zero-order valence-corrected chi connectivity index (χ0v) is 8.60. The van der Waals surface area contributed by atoms with E-state index in [-0.39, 0.29) is 5.78 Å². The Bertz CT molecular complexity index is 733. The van der Waals surface area contributed by atoms with E-state index >= 15 is 0 Å². The predicted molar refractivity (Wildman–Crippen MR) is 59.0 cm³/mol. The average Bonchev–Trinajstić information content (AvgIpc) is 2.94. The second-order valence-electron chi connectivity index (χ2n) is 3.57. The topological polar surface area (TPSA) is 76.2 Å². The molecule has 0 atom stereocenters. The summed E-state index contributed by atoms with van der Waals surface area (Å²) < 4.78 is 9.74. The third kappa shape index (κ3) is 1.57. The Morgan fingerprint density at radius 2 is 2.06 bits per heavy atom. The summed E-state index contributed by atoms with van der Waals surface area (Å²) in [5, 5.41) is 0. The number of furan rings is 1. The van der Waals surface area contributed by atoms with E-state index in [2.05, 4.69) is 4.98 Å². The van der Waals surface area contributed by atoms with Crippen LogP contribution in [0.4, 0.5) is 0 Å². The molecule has 3 aromatic rings. The first-order valence-corrected chi connectivity index (χ1v) is 4.94. The Balaban J connectivity index is 2.12. The lowest BCUT2D eigenvalue weighted by atomic mass is 10.1. The van der Waals surface area contributed by atoms with E-state index in [0.717, 1.165) is 0 Å². The molecule has 1 aromatic carbocycles. The molecule has 0 fully saturated rings. The summed E-state index contributed by atoms with van der Waals surface area (Å²) in [5.41, 5.74) is 1.84. The molecule has 17 heavy (non-hydrogen) atoms. The van der Waals surface area contributed by atoms with Gasteiger partial charge in [-0.05, 0) is 24.3 Å². The van der Waals surface area contributed by atoms with Crippen LogP contribution in [0.3, 0.4) is 0 Å². The van der Waals surface area contributed by atoms with Gasteiger partial charge in [0.2, 0.25) is 0 Å². The third-order valence-electron chi connectivity index (χ3n) is 2.47. The molecule has 5 nitrogen and oxygen atoms in total. The molecule has 2 aromatic heterocycles. The maximum absolute atomic E-state index is 12.0. The molecule has 0 saturated heterocycles. The highest BCUT2D eigenvalue weighted by Crippen LogP contribution is 2.16. The Kier molecular flexibility index (Phi) is 1.98. The second kappa shape index (κ2) is 3.48. The summed E-state index contributed by atoms with van der Waals surface area (Å²) in [5.74, 6) is -0.711. The lowest BCUT2D eigenvalue weighted by Gasteiger charge is -1.96. The number of fused-ring (bicyclic) bond motifs is 1. The molecule has 0 radical (unpaired) electrons. The number of H-pyrrole nitrogens is 1. The molecule has 0 bridgehead atoms. The number of benzene rings is 1. The second-order valence-corrected chi connectivity index (χ2v) is 3.57. The van der Waals surface area contributed by atoms with Gasteiger partial charge in [-0.2, -0.15) is 0 Å². The molecule has 0 spiro atoms. The number of hydrogen-bond acceptors (Lipinski definition) is 4. The van der Waals surface area contributed by atoms with Gasteiger partial charge < -0.3 is 8.83 Å². The quantitative estimate of drug-likeness (QED) is 0.681. The maximum atomic E-state index is 12.0. The van der Waals surface area contributed by atoms with Gasteiger partial charge in [0.15, 0.2) is 11.4 Å². The summed E-state index contributed by atoms with van der Waals surface area (Å²) in [4.78, 5) is 25.5. The number of carbonyl (C=O) groups excluding carboxylic acids is 1. The van der Waals surface area contributed by atoms with Crippen LogP contribution in [-0.2, 0) is 0 Å². The Morgan fingerprint density at radius 3 is 2.82 bits per heavy atom. The van der Waals surface area contributed by atoms with Gasteiger partial charge in [-0.25, -0.2) is 4.79 Å². The van der Waals surface area contributed by atoms with Crippen molar-refractivity contribution in [2.75, 3.05) is 0 Å². The molecule has 0 amide bonds. The SMILES string of the molecule is O=C(c1ccoc1)c1ccc2[nH]c(=O)oc2c1. The summed E-state index contributed by atoms with van der Waals surface area (Å²) in [6.07, 6.45) is 2.81. The number of ketones is 1. The molecular weight excluding hydrogens is 222 g/mol. The van der Waals surface area contributed by atoms with Crippen LogP contribution in [0.5, 0.6) is 0 Å². The van der Waals surface area contributed by atoms with E-state index in [1.165, 1.54) is 18.6 Å². The standard InChI is InChI=1S/C12H7NO4/c14-11(8-3-4-16-6-8)7-1-2-9-10(5-7)17-12(15)13-9/h1-6H,(H,13,15). The molecule has 0 saturated carbocycles. The highest BCUT2D eigenvalue weighted by molar-refractivity contribution is 6.09. The van der Waals surface area contributed by atoms with Crippen molar-refractivity contribution < 1.29 is 13.6 Å². The summed E-state index contributed by atoms with van der Waals surface area (Å²) in [6, 6.07) is 6.37. The summed E-state index contributed by atoms with van der Waals surface area (Å²) in [7, 11) is 0. The van der Waals surface area contributed by atoms with Crippen LogP contribution in [-0.4, -0.2) is 10.8 Å². The van der Waals surface area contributed by atoms with E-state index in [1.54, 1.807) is 18.2 Å². The van der Waals surface area contributed by atoms with Gasteiger partial charge in [-0.3, -0.25) is 9.78 Å². The van der Waals surface area contributed by atoms with Gasteiger partial charge in [0.1, 0.15) is 6.26 Å². The van der Waals surface area contributed by atoms with Crippen LogP contribution < -0.4 is 5.76 Å². The van der Waals surface area contributed by atoms with E-state index < -0.39 is 5.76 Å². The Hall–Kier alpha value is -2.56. The smallest absolute Gasteiger partial charge is 0.417 e. The first-order valence-electron chi connectivity index (χ1n) is 4.94. The van der Waals surface area contributed by atoms with Crippen molar-refractivity contribution in [3.05, 3.63) is 58.5 Å².